The Morgan fingerprint density at radius 3 is 2.00 bits per heavy atom. The van der Waals surface area contributed by atoms with Crippen LogP contribution in [0.2, 0.25) is 0 Å². The van der Waals surface area contributed by atoms with Crippen LogP contribution in [0.5, 0.6) is 0 Å². The minimum Gasteiger partial charge on any atom is -0.478 e. The molecule has 0 radical (unpaired) electrons. The van der Waals surface area contributed by atoms with Gasteiger partial charge >= 0.3 is 11.9 Å². The largest absolute Gasteiger partial charge is 0.478 e. The summed E-state index contributed by atoms with van der Waals surface area (Å²) in [6.07, 6.45) is 0.469. The van der Waals surface area contributed by atoms with Crippen molar-refractivity contribution < 1.29 is 19.4 Å². The summed E-state index contributed by atoms with van der Waals surface area (Å²) >= 11 is 0. The first-order valence-electron chi connectivity index (χ1n) is 4.47. The van der Waals surface area contributed by atoms with Crippen molar-refractivity contribution in [2.75, 3.05) is 7.11 Å². The predicted octanol–water partition coefficient (Wildman–Crippen LogP) is 1.95. The fourth-order valence-corrected chi connectivity index (χ4v) is 0.725. The van der Waals surface area contributed by atoms with Crippen LogP contribution in [0.25, 0.3) is 0 Å². The van der Waals surface area contributed by atoms with Crippen LogP contribution in [0, 0.1) is 0 Å². The quantitative estimate of drug-likeness (QED) is 0.758. The second-order valence-corrected chi connectivity index (χ2v) is 2.60. The van der Waals surface area contributed by atoms with Crippen molar-refractivity contribution in [2.45, 2.75) is 13.3 Å². The number of hydrogen-bond acceptors (Lipinski definition) is 3. The Kier molecular flexibility index (Phi) is 6.63. The van der Waals surface area contributed by atoms with Crippen LogP contribution < -0.4 is 0 Å². The topological polar surface area (TPSA) is 63.6 Å². The summed E-state index contributed by atoms with van der Waals surface area (Å²) < 4.78 is 4.26. The minimum atomic E-state index is -0.879. The lowest BCUT2D eigenvalue weighted by atomic mass is 10.2. The summed E-state index contributed by atoms with van der Waals surface area (Å²) in [5, 5.41) is 8.38. The van der Waals surface area contributed by atoms with Crippen LogP contribution >= 0.6 is 0 Å². The molecule has 4 nitrogen and oxygen atoms in total. The normalized spacial score (nSPS) is 8.40. The number of benzene rings is 1. The van der Waals surface area contributed by atoms with Gasteiger partial charge in [-0.25, -0.2) is 4.79 Å². The zero-order valence-electron chi connectivity index (χ0n) is 8.77. The van der Waals surface area contributed by atoms with Gasteiger partial charge < -0.3 is 9.84 Å². The fraction of sp³-hybridized carbons (Fsp3) is 0.273. The highest BCUT2D eigenvalue weighted by atomic mass is 16.5. The molecule has 0 aliphatic carbocycles. The molecule has 0 spiro atoms. The number of rotatable bonds is 2. The van der Waals surface area contributed by atoms with Gasteiger partial charge in [-0.3, -0.25) is 4.79 Å². The van der Waals surface area contributed by atoms with E-state index in [1.54, 1.807) is 37.3 Å². The van der Waals surface area contributed by atoms with E-state index in [1.807, 2.05) is 0 Å². The molecule has 1 N–H and O–H groups in total. The molecule has 0 aromatic heterocycles. The molecule has 15 heavy (non-hydrogen) atoms. The Balaban J connectivity index is 0.000000288. The van der Waals surface area contributed by atoms with Crippen molar-refractivity contribution in [2.24, 2.45) is 0 Å². The van der Waals surface area contributed by atoms with Gasteiger partial charge in [0.2, 0.25) is 0 Å². The number of carboxylic acids is 1. The summed E-state index contributed by atoms with van der Waals surface area (Å²) in [6, 6.07) is 8.30. The maximum absolute atomic E-state index is 10.2. The van der Waals surface area contributed by atoms with Gasteiger partial charge in [0.1, 0.15) is 0 Å². The highest BCUT2D eigenvalue weighted by Gasteiger charge is 1.96. The average Bonchev–Trinajstić information content (AvgIpc) is 2.30. The van der Waals surface area contributed by atoms with Gasteiger partial charge in [-0.2, -0.15) is 0 Å². The molecule has 1 rings (SSSR count). The monoisotopic (exact) mass is 210 g/mol. The van der Waals surface area contributed by atoms with Crippen molar-refractivity contribution in [1.82, 2.24) is 0 Å². The van der Waals surface area contributed by atoms with Gasteiger partial charge in [0.15, 0.2) is 0 Å². The number of ether oxygens (including phenoxy) is 1. The average molecular weight is 210 g/mol. The van der Waals surface area contributed by atoms with E-state index in [0.29, 0.717) is 12.0 Å². The zero-order valence-corrected chi connectivity index (χ0v) is 8.77. The van der Waals surface area contributed by atoms with Crippen molar-refractivity contribution in [3.63, 3.8) is 0 Å². The Hall–Kier alpha value is -1.84. The molecule has 1 aromatic rings. The summed E-state index contributed by atoms with van der Waals surface area (Å²) in [5.74, 6) is -1.04. The third-order valence-corrected chi connectivity index (χ3v) is 1.54. The van der Waals surface area contributed by atoms with E-state index in [9.17, 15) is 9.59 Å². The van der Waals surface area contributed by atoms with E-state index in [-0.39, 0.29) is 5.97 Å². The minimum absolute atomic E-state index is 0.157. The van der Waals surface area contributed by atoms with Crippen LogP contribution in [0.4, 0.5) is 0 Å². The lowest BCUT2D eigenvalue weighted by Gasteiger charge is -1.88. The smallest absolute Gasteiger partial charge is 0.335 e. The standard InChI is InChI=1S/C7H6O2.C4H8O2/c8-7(9)6-4-2-1-3-5-6;1-3-4(5)6-2/h1-5H,(H,8,9);3H2,1-2H3. The molecule has 0 fully saturated rings. The zero-order chi connectivity index (χ0) is 11.7. The summed E-state index contributed by atoms with van der Waals surface area (Å²) in [6.45, 7) is 1.76. The van der Waals surface area contributed by atoms with Crippen LogP contribution in [0.15, 0.2) is 30.3 Å². The van der Waals surface area contributed by atoms with E-state index in [2.05, 4.69) is 4.74 Å². The van der Waals surface area contributed by atoms with Crippen LogP contribution in [-0.2, 0) is 9.53 Å². The molecule has 0 saturated carbocycles. The molecule has 0 bridgehead atoms. The number of aromatic carboxylic acids is 1. The Labute approximate surface area is 88.5 Å². The first kappa shape index (κ1) is 13.2. The molecular formula is C11H14O4. The van der Waals surface area contributed by atoms with Crippen molar-refractivity contribution in [3.05, 3.63) is 35.9 Å². The first-order valence-corrected chi connectivity index (χ1v) is 4.47. The third kappa shape index (κ3) is 6.26. The Morgan fingerprint density at radius 1 is 1.27 bits per heavy atom. The van der Waals surface area contributed by atoms with Gasteiger partial charge in [-0.1, -0.05) is 25.1 Å². The van der Waals surface area contributed by atoms with Gasteiger partial charge in [0, 0.05) is 6.42 Å². The van der Waals surface area contributed by atoms with Crippen LogP contribution in [0.3, 0.4) is 0 Å². The molecule has 1 aromatic carbocycles. The molecular weight excluding hydrogens is 196 g/mol. The maximum Gasteiger partial charge on any atom is 0.335 e. The van der Waals surface area contributed by atoms with Gasteiger partial charge in [-0.05, 0) is 12.1 Å². The lowest BCUT2D eigenvalue weighted by Crippen LogP contribution is -1.94. The summed E-state index contributed by atoms with van der Waals surface area (Å²) in [7, 11) is 1.38. The second-order valence-electron chi connectivity index (χ2n) is 2.60. The molecule has 82 valence electrons. The van der Waals surface area contributed by atoms with Gasteiger partial charge in [-0.15, -0.1) is 0 Å². The van der Waals surface area contributed by atoms with E-state index >= 15 is 0 Å². The van der Waals surface area contributed by atoms with Crippen LogP contribution in [-0.4, -0.2) is 24.2 Å². The number of hydrogen-bond donors (Lipinski definition) is 1. The van der Waals surface area contributed by atoms with E-state index in [1.165, 1.54) is 7.11 Å². The van der Waals surface area contributed by atoms with E-state index in [4.69, 9.17) is 5.11 Å². The molecule has 0 unspecified atom stereocenters. The molecule has 0 aliphatic rings. The molecule has 4 heteroatoms. The van der Waals surface area contributed by atoms with Crippen molar-refractivity contribution >= 4 is 11.9 Å². The highest BCUT2D eigenvalue weighted by Crippen LogP contribution is 1.96. The number of esters is 1. The van der Waals surface area contributed by atoms with Gasteiger partial charge in [0.25, 0.3) is 0 Å². The fourth-order valence-electron chi connectivity index (χ4n) is 0.725. The Morgan fingerprint density at radius 2 is 1.80 bits per heavy atom. The van der Waals surface area contributed by atoms with Gasteiger partial charge in [0.05, 0.1) is 12.7 Å². The predicted molar refractivity (Wildman–Crippen MR) is 55.7 cm³/mol. The molecule has 0 atom stereocenters. The van der Waals surface area contributed by atoms with Crippen molar-refractivity contribution in [3.8, 4) is 0 Å². The number of methoxy groups -OCH3 is 1. The lowest BCUT2D eigenvalue weighted by molar-refractivity contribution is -0.140. The number of carbonyl (C=O) groups is 2. The maximum atomic E-state index is 10.2. The third-order valence-electron chi connectivity index (χ3n) is 1.54. The first-order chi connectivity index (χ1) is 7.11. The van der Waals surface area contributed by atoms with Crippen LogP contribution in [0.1, 0.15) is 23.7 Å². The molecule has 0 amide bonds. The molecule has 0 saturated heterocycles. The number of carboxylic acid groups (broad SMARTS) is 1. The van der Waals surface area contributed by atoms with E-state index in [0.717, 1.165) is 0 Å². The summed E-state index contributed by atoms with van der Waals surface area (Å²) in [4.78, 5) is 20.2. The van der Waals surface area contributed by atoms with Crippen molar-refractivity contribution in [1.29, 1.82) is 0 Å². The SMILES string of the molecule is CCC(=O)OC.O=C(O)c1ccccc1. The van der Waals surface area contributed by atoms with E-state index < -0.39 is 5.97 Å². The highest BCUT2D eigenvalue weighted by molar-refractivity contribution is 5.87. The second kappa shape index (κ2) is 7.55. The molecule has 0 heterocycles. The molecule has 0 aliphatic heterocycles. The number of carbonyl (C=O) groups excluding carboxylic acids is 1. The Bertz CT molecular complexity index is 300. The summed E-state index contributed by atoms with van der Waals surface area (Å²) in [5.41, 5.74) is 0.331.